The van der Waals surface area contributed by atoms with Crippen molar-refractivity contribution in [3.05, 3.63) is 17.5 Å². The quantitative estimate of drug-likeness (QED) is 0.715. The van der Waals surface area contributed by atoms with Crippen LogP contribution in [0.1, 0.15) is 45.4 Å². The highest BCUT2D eigenvalue weighted by Crippen LogP contribution is 2.20. The molecule has 0 fully saturated rings. The number of aromatic nitrogens is 2. The molecule has 120 valence electrons. The molecular formula is C15H28N4O2. The lowest BCUT2D eigenvalue weighted by atomic mass is 9.87. The first-order chi connectivity index (χ1) is 9.73. The number of nitrogens with zero attached hydrogens (tertiary/aromatic N) is 2. The van der Waals surface area contributed by atoms with E-state index >= 15 is 0 Å². The Kier molecular flexibility index (Phi) is 6.20. The highest BCUT2D eigenvalue weighted by Gasteiger charge is 2.21. The van der Waals surface area contributed by atoms with Crippen LogP contribution in [-0.4, -0.2) is 33.6 Å². The summed E-state index contributed by atoms with van der Waals surface area (Å²) >= 11 is 0. The lowest BCUT2D eigenvalue weighted by Gasteiger charge is -2.26. The number of rotatable bonds is 7. The Morgan fingerprint density at radius 1 is 1.48 bits per heavy atom. The molecule has 6 nitrogen and oxygen atoms in total. The third kappa shape index (κ3) is 6.16. The van der Waals surface area contributed by atoms with Gasteiger partial charge in [0, 0.05) is 31.9 Å². The van der Waals surface area contributed by atoms with Crippen LogP contribution in [0, 0.1) is 5.41 Å². The van der Waals surface area contributed by atoms with Crippen LogP contribution in [0.25, 0.3) is 0 Å². The highest BCUT2D eigenvalue weighted by atomic mass is 16.3. The van der Waals surface area contributed by atoms with Crippen molar-refractivity contribution in [1.82, 2.24) is 20.4 Å². The van der Waals surface area contributed by atoms with Crippen LogP contribution in [0.3, 0.4) is 0 Å². The van der Waals surface area contributed by atoms with Gasteiger partial charge in [0.15, 0.2) is 0 Å². The Bertz CT molecular complexity index is 466. The van der Waals surface area contributed by atoms with Gasteiger partial charge in [-0.2, -0.15) is 5.10 Å². The van der Waals surface area contributed by atoms with Crippen molar-refractivity contribution < 1.29 is 9.90 Å². The van der Waals surface area contributed by atoms with Crippen molar-refractivity contribution in [3.8, 4) is 0 Å². The van der Waals surface area contributed by atoms with Gasteiger partial charge in [-0.25, -0.2) is 4.79 Å². The van der Waals surface area contributed by atoms with E-state index in [0.29, 0.717) is 19.5 Å². The Hall–Kier alpha value is -1.56. The van der Waals surface area contributed by atoms with E-state index in [0.717, 1.165) is 17.7 Å². The maximum atomic E-state index is 11.8. The first-order valence-electron chi connectivity index (χ1n) is 7.44. The van der Waals surface area contributed by atoms with Gasteiger partial charge in [-0.05, 0) is 25.2 Å². The number of carbonyl (C=O) groups excluding carboxylic acids is 1. The van der Waals surface area contributed by atoms with Crippen LogP contribution in [0.4, 0.5) is 4.79 Å². The van der Waals surface area contributed by atoms with Crippen LogP contribution in [0.5, 0.6) is 0 Å². The summed E-state index contributed by atoms with van der Waals surface area (Å²) in [7, 11) is 1.88. The number of hydrogen-bond acceptors (Lipinski definition) is 3. The molecule has 2 amide bonds. The first kappa shape index (κ1) is 17.5. The van der Waals surface area contributed by atoms with Crippen molar-refractivity contribution in [2.24, 2.45) is 12.5 Å². The van der Waals surface area contributed by atoms with Crippen LogP contribution in [0.2, 0.25) is 0 Å². The predicted octanol–water partition coefficient (Wildman–Crippen LogP) is 1.58. The standard InChI is InChI=1S/C15H28N4O2/c1-6-13-12(9-19(5)18-13)8-16-14(21)17-10-15(3,4)7-11(2)20/h9,11,20H,6-8,10H2,1-5H3,(H2,16,17,21). The zero-order chi connectivity index (χ0) is 16.0. The molecule has 1 atom stereocenters. The normalized spacial score (nSPS) is 13.0. The average Bonchev–Trinajstić information content (AvgIpc) is 2.73. The largest absolute Gasteiger partial charge is 0.393 e. The number of urea groups is 1. The molecule has 0 aliphatic heterocycles. The smallest absolute Gasteiger partial charge is 0.315 e. The van der Waals surface area contributed by atoms with E-state index in [4.69, 9.17) is 0 Å². The van der Waals surface area contributed by atoms with Gasteiger partial charge in [-0.3, -0.25) is 4.68 Å². The fourth-order valence-electron chi connectivity index (χ4n) is 2.46. The second-order valence-electron chi connectivity index (χ2n) is 6.38. The van der Waals surface area contributed by atoms with Crippen LogP contribution in [-0.2, 0) is 20.0 Å². The van der Waals surface area contributed by atoms with E-state index in [2.05, 4.69) is 15.7 Å². The molecule has 0 spiro atoms. The minimum Gasteiger partial charge on any atom is -0.393 e. The molecular weight excluding hydrogens is 268 g/mol. The summed E-state index contributed by atoms with van der Waals surface area (Å²) in [6.07, 6.45) is 3.06. The lowest BCUT2D eigenvalue weighted by molar-refractivity contribution is 0.129. The summed E-state index contributed by atoms with van der Waals surface area (Å²) < 4.78 is 1.76. The number of aliphatic hydroxyl groups excluding tert-OH is 1. The van der Waals surface area contributed by atoms with Gasteiger partial charge in [0.2, 0.25) is 0 Å². The Morgan fingerprint density at radius 2 is 2.14 bits per heavy atom. The fraction of sp³-hybridized carbons (Fsp3) is 0.733. The average molecular weight is 296 g/mol. The van der Waals surface area contributed by atoms with E-state index in [-0.39, 0.29) is 17.6 Å². The van der Waals surface area contributed by atoms with Crippen molar-refractivity contribution in [3.63, 3.8) is 0 Å². The number of aliphatic hydroxyl groups is 1. The van der Waals surface area contributed by atoms with Gasteiger partial charge in [-0.1, -0.05) is 20.8 Å². The maximum absolute atomic E-state index is 11.8. The topological polar surface area (TPSA) is 79.2 Å². The zero-order valence-electron chi connectivity index (χ0n) is 13.7. The van der Waals surface area contributed by atoms with Gasteiger partial charge in [0.1, 0.15) is 0 Å². The third-order valence-electron chi connectivity index (χ3n) is 3.34. The van der Waals surface area contributed by atoms with E-state index < -0.39 is 0 Å². The molecule has 1 heterocycles. The minimum atomic E-state index is -0.368. The van der Waals surface area contributed by atoms with E-state index in [9.17, 15) is 9.90 Å². The SMILES string of the molecule is CCc1nn(C)cc1CNC(=O)NCC(C)(C)CC(C)O. The van der Waals surface area contributed by atoms with E-state index in [1.54, 1.807) is 11.6 Å². The Balaban J connectivity index is 2.40. The van der Waals surface area contributed by atoms with Crippen LogP contribution < -0.4 is 10.6 Å². The molecule has 1 aromatic rings. The molecule has 1 rings (SSSR count). The number of hydrogen-bond donors (Lipinski definition) is 3. The Morgan fingerprint density at radius 3 is 2.71 bits per heavy atom. The molecule has 0 saturated carbocycles. The molecule has 3 N–H and O–H groups in total. The zero-order valence-corrected chi connectivity index (χ0v) is 13.7. The molecule has 0 saturated heterocycles. The van der Waals surface area contributed by atoms with Gasteiger partial charge in [0.25, 0.3) is 0 Å². The Labute approximate surface area is 126 Å². The molecule has 0 aliphatic rings. The van der Waals surface area contributed by atoms with E-state index in [1.165, 1.54) is 0 Å². The summed E-state index contributed by atoms with van der Waals surface area (Å²) in [6, 6.07) is -0.195. The van der Waals surface area contributed by atoms with Gasteiger partial charge in [0.05, 0.1) is 11.8 Å². The number of carbonyl (C=O) groups is 1. The van der Waals surface area contributed by atoms with Crippen molar-refractivity contribution in [2.45, 2.75) is 53.2 Å². The molecule has 0 aliphatic carbocycles. The number of amides is 2. The lowest BCUT2D eigenvalue weighted by Crippen LogP contribution is -2.41. The molecule has 0 aromatic carbocycles. The molecule has 0 bridgehead atoms. The molecule has 21 heavy (non-hydrogen) atoms. The first-order valence-corrected chi connectivity index (χ1v) is 7.44. The van der Waals surface area contributed by atoms with Gasteiger partial charge < -0.3 is 15.7 Å². The van der Waals surface area contributed by atoms with Gasteiger partial charge >= 0.3 is 6.03 Å². The molecule has 1 unspecified atom stereocenters. The van der Waals surface area contributed by atoms with Crippen molar-refractivity contribution in [1.29, 1.82) is 0 Å². The van der Waals surface area contributed by atoms with E-state index in [1.807, 2.05) is 34.0 Å². The minimum absolute atomic E-state index is 0.131. The summed E-state index contributed by atoms with van der Waals surface area (Å²) in [4.78, 5) is 11.8. The van der Waals surface area contributed by atoms with Crippen LogP contribution >= 0.6 is 0 Å². The second kappa shape index (κ2) is 7.45. The molecule has 6 heteroatoms. The summed E-state index contributed by atoms with van der Waals surface area (Å²) in [5.41, 5.74) is 1.92. The fourth-order valence-corrected chi connectivity index (χ4v) is 2.46. The highest BCUT2D eigenvalue weighted by molar-refractivity contribution is 5.73. The monoisotopic (exact) mass is 296 g/mol. The number of nitrogens with one attached hydrogen (secondary N) is 2. The van der Waals surface area contributed by atoms with Gasteiger partial charge in [-0.15, -0.1) is 0 Å². The second-order valence-corrected chi connectivity index (χ2v) is 6.38. The molecule has 0 radical (unpaired) electrons. The maximum Gasteiger partial charge on any atom is 0.315 e. The summed E-state index contributed by atoms with van der Waals surface area (Å²) in [5, 5.41) is 19.5. The van der Waals surface area contributed by atoms with Crippen LogP contribution in [0.15, 0.2) is 6.20 Å². The summed E-state index contributed by atoms with van der Waals surface area (Å²) in [6.45, 7) is 8.85. The third-order valence-corrected chi connectivity index (χ3v) is 3.34. The predicted molar refractivity (Wildman–Crippen MR) is 82.9 cm³/mol. The summed E-state index contributed by atoms with van der Waals surface area (Å²) in [5.74, 6) is 0. The number of aryl methyl sites for hydroxylation is 2. The van der Waals surface area contributed by atoms with Crippen molar-refractivity contribution >= 4 is 6.03 Å². The molecule has 1 aromatic heterocycles. The van der Waals surface area contributed by atoms with Crippen molar-refractivity contribution in [2.75, 3.05) is 6.54 Å².